The first-order valence-electron chi connectivity index (χ1n) is 11.0. The van der Waals surface area contributed by atoms with E-state index in [2.05, 4.69) is 5.32 Å². The number of alkyl halides is 3. The highest BCUT2D eigenvalue weighted by atomic mass is 35.5. The number of imide groups is 1. The summed E-state index contributed by atoms with van der Waals surface area (Å²) in [6.45, 7) is 2.26. The van der Waals surface area contributed by atoms with Gasteiger partial charge in [-0.2, -0.15) is 13.2 Å². The van der Waals surface area contributed by atoms with Gasteiger partial charge in [0.05, 0.1) is 28.8 Å². The Hall–Kier alpha value is -2.91. The highest BCUT2D eigenvalue weighted by molar-refractivity contribution is 6.32. The molecule has 4 atom stereocenters. The van der Waals surface area contributed by atoms with Gasteiger partial charge in [-0.3, -0.25) is 19.3 Å². The van der Waals surface area contributed by atoms with E-state index in [1.165, 1.54) is 12.1 Å². The third kappa shape index (κ3) is 2.43. The van der Waals surface area contributed by atoms with Crippen molar-refractivity contribution in [2.75, 3.05) is 16.8 Å². The predicted molar refractivity (Wildman–Crippen MR) is 117 cm³/mol. The van der Waals surface area contributed by atoms with Gasteiger partial charge < -0.3 is 5.32 Å². The van der Waals surface area contributed by atoms with Crippen molar-refractivity contribution in [1.29, 1.82) is 0 Å². The van der Waals surface area contributed by atoms with Crippen LogP contribution in [0, 0.1) is 18.8 Å². The van der Waals surface area contributed by atoms with Gasteiger partial charge in [0, 0.05) is 16.6 Å². The number of fused-ring (bicyclic) bond motifs is 7. The van der Waals surface area contributed by atoms with Crippen LogP contribution in [0.15, 0.2) is 36.4 Å². The number of nitrogens with one attached hydrogen (secondary N) is 1. The quantitative estimate of drug-likeness (QED) is 0.612. The van der Waals surface area contributed by atoms with Gasteiger partial charge in [-0.25, -0.2) is 4.90 Å². The molecule has 10 heteroatoms. The second-order valence-electron chi connectivity index (χ2n) is 9.25. The fourth-order valence-electron chi connectivity index (χ4n) is 6.54. The molecule has 4 heterocycles. The number of halogens is 4. The third-order valence-corrected chi connectivity index (χ3v) is 8.22. The van der Waals surface area contributed by atoms with Crippen LogP contribution >= 0.6 is 11.6 Å². The van der Waals surface area contributed by atoms with Gasteiger partial charge in [-0.1, -0.05) is 29.8 Å². The van der Waals surface area contributed by atoms with Crippen LogP contribution in [0.5, 0.6) is 0 Å². The second kappa shape index (κ2) is 6.82. The van der Waals surface area contributed by atoms with Gasteiger partial charge in [-0.15, -0.1) is 0 Å². The molecular weight excluding hydrogens is 471 g/mol. The molecule has 3 saturated heterocycles. The molecule has 2 aromatic rings. The lowest BCUT2D eigenvalue weighted by Crippen LogP contribution is -2.54. The molecule has 1 spiro atoms. The summed E-state index contributed by atoms with van der Waals surface area (Å²) in [4.78, 5) is 43.8. The standard InChI is InChI=1S/C24H19ClF3N3O3/c1-11-14(25)9-8-13-19(11)29-22(34)23(13)18-17(16-7-4-10-30(16)23)20(32)31(21(18)33)15-6-3-2-5-12(15)24(26,27)28/h2-3,5-6,8-9,16-18H,4,7,10H2,1H3,(H,29,34)/t16-,17+,18-,23-/m0/s1. The maximum Gasteiger partial charge on any atom is 0.418 e. The highest BCUT2D eigenvalue weighted by Crippen LogP contribution is 2.61. The van der Waals surface area contributed by atoms with Gasteiger partial charge in [0.15, 0.2) is 0 Å². The molecule has 3 amide bonds. The Morgan fingerprint density at radius 2 is 1.82 bits per heavy atom. The van der Waals surface area contributed by atoms with Gasteiger partial charge in [-0.05, 0) is 50.1 Å². The van der Waals surface area contributed by atoms with Crippen molar-refractivity contribution >= 4 is 40.7 Å². The van der Waals surface area contributed by atoms with E-state index >= 15 is 0 Å². The van der Waals surface area contributed by atoms with Crippen molar-refractivity contribution < 1.29 is 27.6 Å². The van der Waals surface area contributed by atoms with Crippen LogP contribution in [-0.2, 0) is 26.1 Å². The van der Waals surface area contributed by atoms with E-state index < -0.39 is 58.6 Å². The maximum absolute atomic E-state index is 13.9. The van der Waals surface area contributed by atoms with Crippen LogP contribution in [0.2, 0.25) is 5.02 Å². The average Bonchev–Trinajstić information content (AvgIpc) is 3.49. The zero-order valence-corrected chi connectivity index (χ0v) is 18.7. The molecule has 4 aliphatic rings. The first kappa shape index (κ1) is 21.6. The molecule has 0 aromatic heterocycles. The Morgan fingerprint density at radius 1 is 1.09 bits per heavy atom. The predicted octanol–water partition coefficient (Wildman–Crippen LogP) is 4.10. The Labute approximate surface area is 197 Å². The van der Waals surface area contributed by atoms with Gasteiger partial charge in [0.1, 0.15) is 5.54 Å². The lowest BCUT2D eigenvalue weighted by molar-refractivity contribution is -0.138. The van der Waals surface area contributed by atoms with Crippen molar-refractivity contribution in [3.8, 4) is 0 Å². The summed E-state index contributed by atoms with van der Waals surface area (Å²) in [7, 11) is 0. The summed E-state index contributed by atoms with van der Waals surface area (Å²) >= 11 is 6.27. The SMILES string of the molecule is Cc1c(Cl)ccc2c1NC(=O)[C@@]21[C@@H]2C(=O)N(c3ccccc3C(F)(F)F)C(=O)[C@@H]2[C@@H]2CCCN21. The van der Waals surface area contributed by atoms with E-state index in [1.807, 2.05) is 4.90 Å². The first-order valence-corrected chi connectivity index (χ1v) is 11.4. The fourth-order valence-corrected chi connectivity index (χ4v) is 6.69. The second-order valence-corrected chi connectivity index (χ2v) is 9.66. The van der Waals surface area contributed by atoms with Crippen LogP contribution in [0.4, 0.5) is 24.5 Å². The normalized spacial score (nSPS) is 30.2. The molecule has 1 N–H and O–H groups in total. The van der Waals surface area contributed by atoms with Gasteiger partial charge >= 0.3 is 6.18 Å². The number of anilines is 2. The van der Waals surface area contributed by atoms with E-state index in [-0.39, 0.29) is 0 Å². The highest BCUT2D eigenvalue weighted by Gasteiger charge is 2.75. The number of para-hydroxylation sites is 1. The maximum atomic E-state index is 13.9. The fraction of sp³-hybridized carbons (Fsp3) is 0.375. The zero-order valence-electron chi connectivity index (χ0n) is 17.9. The Balaban J connectivity index is 1.57. The number of benzene rings is 2. The van der Waals surface area contributed by atoms with E-state index in [1.54, 1.807) is 19.1 Å². The largest absolute Gasteiger partial charge is 0.418 e. The van der Waals surface area contributed by atoms with Crippen LogP contribution in [0.25, 0.3) is 0 Å². The number of rotatable bonds is 1. The number of nitrogens with zero attached hydrogens (tertiary/aromatic N) is 2. The molecule has 0 bridgehead atoms. The lowest BCUT2D eigenvalue weighted by atomic mass is 9.75. The zero-order chi connectivity index (χ0) is 24.2. The number of hydrogen-bond donors (Lipinski definition) is 1. The molecule has 176 valence electrons. The van der Waals surface area contributed by atoms with Crippen LogP contribution < -0.4 is 10.2 Å². The number of carbonyl (C=O) groups excluding carboxylic acids is 3. The van der Waals surface area contributed by atoms with Crippen LogP contribution in [0.1, 0.15) is 29.5 Å². The molecule has 4 aliphatic heterocycles. The molecule has 2 aromatic carbocycles. The van der Waals surface area contributed by atoms with Crippen molar-refractivity contribution in [2.24, 2.45) is 11.8 Å². The average molecular weight is 490 g/mol. The summed E-state index contributed by atoms with van der Waals surface area (Å²) < 4.78 is 41.3. The van der Waals surface area contributed by atoms with E-state index in [0.29, 0.717) is 46.1 Å². The monoisotopic (exact) mass is 489 g/mol. The van der Waals surface area contributed by atoms with E-state index in [0.717, 1.165) is 12.1 Å². The van der Waals surface area contributed by atoms with Crippen LogP contribution in [0.3, 0.4) is 0 Å². The lowest BCUT2D eigenvalue weighted by Gasteiger charge is -2.37. The number of amides is 3. The molecule has 0 saturated carbocycles. The van der Waals surface area contributed by atoms with Gasteiger partial charge in [0.2, 0.25) is 17.7 Å². The topological polar surface area (TPSA) is 69.7 Å². The Morgan fingerprint density at radius 3 is 2.56 bits per heavy atom. The summed E-state index contributed by atoms with van der Waals surface area (Å²) in [5.41, 5.74) is -1.34. The molecule has 0 aliphatic carbocycles. The minimum atomic E-state index is -4.75. The van der Waals surface area contributed by atoms with Crippen molar-refractivity contribution in [1.82, 2.24) is 4.90 Å². The molecule has 0 unspecified atom stereocenters. The first-order chi connectivity index (χ1) is 16.1. The molecule has 0 radical (unpaired) electrons. The summed E-state index contributed by atoms with van der Waals surface area (Å²) in [6.07, 6.45) is -3.46. The summed E-state index contributed by atoms with van der Waals surface area (Å²) in [6, 6.07) is 7.47. The minimum absolute atomic E-state index is 0.419. The van der Waals surface area contributed by atoms with Crippen molar-refractivity contribution in [3.63, 3.8) is 0 Å². The van der Waals surface area contributed by atoms with E-state index in [4.69, 9.17) is 11.6 Å². The minimum Gasteiger partial charge on any atom is -0.324 e. The molecule has 34 heavy (non-hydrogen) atoms. The van der Waals surface area contributed by atoms with E-state index in [9.17, 15) is 27.6 Å². The Bertz CT molecular complexity index is 1300. The Kier molecular flexibility index (Phi) is 4.34. The summed E-state index contributed by atoms with van der Waals surface area (Å²) in [5, 5.41) is 3.31. The molecule has 6 nitrogen and oxygen atoms in total. The molecule has 6 rings (SSSR count). The third-order valence-electron chi connectivity index (χ3n) is 7.81. The summed E-state index contributed by atoms with van der Waals surface area (Å²) in [5.74, 6) is -3.96. The van der Waals surface area contributed by atoms with Gasteiger partial charge in [0.25, 0.3) is 0 Å². The van der Waals surface area contributed by atoms with Crippen molar-refractivity contribution in [2.45, 2.75) is 37.5 Å². The number of hydrogen-bond acceptors (Lipinski definition) is 4. The van der Waals surface area contributed by atoms with Crippen LogP contribution in [-0.4, -0.2) is 35.2 Å². The smallest absolute Gasteiger partial charge is 0.324 e. The molecule has 3 fully saturated rings. The van der Waals surface area contributed by atoms with Crippen molar-refractivity contribution in [3.05, 3.63) is 58.1 Å². The molecular formula is C24H19ClF3N3O3. The number of carbonyl (C=O) groups is 3.